The van der Waals surface area contributed by atoms with Crippen molar-refractivity contribution in [1.82, 2.24) is 19.9 Å². The predicted molar refractivity (Wildman–Crippen MR) is 122 cm³/mol. The van der Waals surface area contributed by atoms with Crippen molar-refractivity contribution in [2.45, 2.75) is 69.8 Å². The lowest BCUT2D eigenvalue weighted by atomic mass is 9.65. The SMILES string of the molecule is Cc1cnc2nc(C3(c4ccc5c(n4)CCCN5C(=O)C4CCCCO4)CCC3)[nH]c2c1. The van der Waals surface area contributed by atoms with Crippen molar-refractivity contribution < 1.29 is 9.53 Å². The molecule has 7 nitrogen and oxygen atoms in total. The average Bonchev–Trinajstić information content (AvgIpc) is 3.21. The summed E-state index contributed by atoms with van der Waals surface area (Å²) in [5, 5.41) is 0. The molecule has 1 N–H and O–H groups in total. The van der Waals surface area contributed by atoms with Gasteiger partial charge < -0.3 is 14.6 Å². The number of nitrogens with one attached hydrogen (secondary N) is 1. The fraction of sp³-hybridized carbons (Fsp3) is 0.520. The molecule has 0 bridgehead atoms. The zero-order valence-corrected chi connectivity index (χ0v) is 18.6. The molecule has 0 radical (unpaired) electrons. The van der Waals surface area contributed by atoms with Gasteiger partial charge in [0.25, 0.3) is 5.91 Å². The summed E-state index contributed by atoms with van der Waals surface area (Å²) >= 11 is 0. The maximum Gasteiger partial charge on any atom is 0.256 e. The number of imidazole rings is 1. The first kappa shape index (κ1) is 19.9. The largest absolute Gasteiger partial charge is 0.368 e. The van der Waals surface area contributed by atoms with Gasteiger partial charge in [0.1, 0.15) is 11.9 Å². The van der Waals surface area contributed by atoms with Crippen molar-refractivity contribution in [2.24, 2.45) is 0 Å². The number of amides is 1. The van der Waals surface area contributed by atoms with E-state index in [-0.39, 0.29) is 17.4 Å². The van der Waals surface area contributed by atoms with Gasteiger partial charge >= 0.3 is 0 Å². The Hall–Kier alpha value is -2.80. The van der Waals surface area contributed by atoms with Crippen LogP contribution in [0.5, 0.6) is 0 Å². The molecule has 3 aliphatic rings. The normalized spacial score (nSPS) is 22.4. The summed E-state index contributed by atoms with van der Waals surface area (Å²) in [6, 6.07) is 6.31. The average molecular weight is 432 g/mol. The third kappa shape index (κ3) is 3.13. The summed E-state index contributed by atoms with van der Waals surface area (Å²) < 4.78 is 5.78. The second-order valence-corrected chi connectivity index (χ2v) is 9.52. The van der Waals surface area contributed by atoms with Crippen LogP contribution in [0.25, 0.3) is 11.2 Å². The number of nitrogens with zero attached hydrogens (tertiary/aromatic N) is 4. The van der Waals surface area contributed by atoms with E-state index in [0.717, 1.165) is 97.5 Å². The lowest BCUT2D eigenvalue weighted by Gasteiger charge is -2.40. The number of aromatic nitrogens is 4. The number of hydrogen-bond acceptors (Lipinski definition) is 5. The highest BCUT2D eigenvalue weighted by atomic mass is 16.5. The molecule has 1 atom stereocenters. The zero-order chi connectivity index (χ0) is 21.7. The number of H-pyrrole nitrogens is 1. The molecule has 166 valence electrons. The van der Waals surface area contributed by atoms with E-state index in [4.69, 9.17) is 14.7 Å². The number of hydrogen-bond donors (Lipinski definition) is 1. The maximum absolute atomic E-state index is 13.2. The zero-order valence-electron chi connectivity index (χ0n) is 18.6. The summed E-state index contributed by atoms with van der Waals surface area (Å²) in [4.78, 5) is 33.1. The van der Waals surface area contributed by atoms with Gasteiger partial charge in [0.15, 0.2) is 5.65 Å². The number of carbonyl (C=O) groups excluding carboxylic acids is 1. The molecule has 0 aromatic carbocycles. The van der Waals surface area contributed by atoms with Crippen LogP contribution in [0.1, 0.15) is 67.7 Å². The van der Waals surface area contributed by atoms with Crippen LogP contribution in [0.3, 0.4) is 0 Å². The molecule has 2 fully saturated rings. The maximum atomic E-state index is 13.2. The minimum absolute atomic E-state index is 0.0947. The molecule has 1 aliphatic carbocycles. The topological polar surface area (TPSA) is 84.0 Å². The molecule has 0 spiro atoms. The quantitative estimate of drug-likeness (QED) is 0.678. The predicted octanol–water partition coefficient (Wildman–Crippen LogP) is 3.98. The van der Waals surface area contributed by atoms with Crippen LogP contribution >= 0.6 is 0 Å². The Balaban J connectivity index is 1.35. The van der Waals surface area contributed by atoms with E-state index in [1.807, 2.05) is 18.0 Å². The van der Waals surface area contributed by atoms with Gasteiger partial charge in [-0.3, -0.25) is 9.78 Å². The number of carbonyl (C=O) groups is 1. The highest BCUT2D eigenvalue weighted by Crippen LogP contribution is 2.48. The Kier molecular flexibility index (Phi) is 4.75. The van der Waals surface area contributed by atoms with Crippen LogP contribution in [-0.4, -0.2) is 45.1 Å². The van der Waals surface area contributed by atoms with E-state index < -0.39 is 0 Å². The van der Waals surface area contributed by atoms with Crippen LogP contribution in [-0.2, 0) is 21.4 Å². The van der Waals surface area contributed by atoms with Crippen LogP contribution in [0, 0.1) is 6.92 Å². The Labute approximate surface area is 187 Å². The number of anilines is 1. The number of pyridine rings is 2. The van der Waals surface area contributed by atoms with Crippen LogP contribution in [0.2, 0.25) is 0 Å². The molecule has 1 unspecified atom stereocenters. The smallest absolute Gasteiger partial charge is 0.256 e. The Morgan fingerprint density at radius 2 is 2.09 bits per heavy atom. The van der Waals surface area contributed by atoms with Gasteiger partial charge in [-0.25, -0.2) is 9.97 Å². The van der Waals surface area contributed by atoms with E-state index >= 15 is 0 Å². The highest BCUT2D eigenvalue weighted by Gasteiger charge is 2.45. The van der Waals surface area contributed by atoms with E-state index in [0.29, 0.717) is 6.61 Å². The van der Waals surface area contributed by atoms with E-state index in [2.05, 4.69) is 28.2 Å². The summed E-state index contributed by atoms with van der Waals surface area (Å²) in [5.74, 6) is 1.06. The molecular weight excluding hydrogens is 402 g/mol. The van der Waals surface area contributed by atoms with E-state index in [1.54, 1.807) is 0 Å². The van der Waals surface area contributed by atoms with Crippen LogP contribution in [0.4, 0.5) is 5.69 Å². The molecule has 1 saturated heterocycles. The number of rotatable bonds is 3. The van der Waals surface area contributed by atoms with Crippen molar-refractivity contribution in [1.29, 1.82) is 0 Å². The fourth-order valence-electron chi connectivity index (χ4n) is 5.43. The van der Waals surface area contributed by atoms with E-state index in [1.165, 1.54) is 0 Å². The lowest BCUT2D eigenvalue weighted by molar-refractivity contribution is -0.132. The summed E-state index contributed by atoms with van der Waals surface area (Å²) in [6.07, 6.45) is 9.51. The van der Waals surface area contributed by atoms with Gasteiger partial charge in [-0.15, -0.1) is 0 Å². The molecule has 1 saturated carbocycles. The van der Waals surface area contributed by atoms with Gasteiger partial charge in [-0.05, 0) is 75.6 Å². The van der Waals surface area contributed by atoms with Gasteiger partial charge in [0.05, 0.1) is 28.0 Å². The molecule has 7 heteroatoms. The molecule has 5 heterocycles. The van der Waals surface area contributed by atoms with Crippen LogP contribution in [0.15, 0.2) is 24.4 Å². The van der Waals surface area contributed by atoms with Gasteiger partial charge in [-0.1, -0.05) is 6.42 Å². The van der Waals surface area contributed by atoms with Crippen molar-refractivity contribution in [3.05, 3.63) is 47.2 Å². The summed E-state index contributed by atoms with van der Waals surface area (Å²) in [7, 11) is 0. The van der Waals surface area contributed by atoms with E-state index in [9.17, 15) is 4.79 Å². The first-order chi connectivity index (χ1) is 15.6. The first-order valence-electron chi connectivity index (χ1n) is 11.9. The first-order valence-corrected chi connectivity index (χ1v) is 11.9. The molecule has 1 amide bonds. The third-order valence-electron chi connectivity index (χ3n) is 7.38. The molecular formula is C25H29N5O2. The monoisotopic (exact) mass is 431 g/mol. The summed E-state index contributed by atoms with van der Waals surface area (Å²) in [5.41, 5.74) is 5.70. The Morgan fingerprint density at radius 1 is 1.19 bits per heavy atom. The minimum Gasteiger partial charge on any atom is -0.368 e. The Morgan fingerprint density at radius 3 is 2.88 bits per heavy atom. The Bertz CT molecular complexity index is 1180. The molecule has 32 heavy (non-hydrogen) atoms. The molecule has 6 rings (SSSR count). The second kappa shape index (κ2) is 7.66. The van der Waals surface area contributed by atoms with Gasteiger partial charge in [0, 0.05) is 19.3 Å². The lowest BCUT2D eigenvalue weighted by Crippen LogP contribution is -2.45. The second-order valence-electron chi connectivity index (χ2n) is 9.52. The van der Waals surface area contributed by atoms with Gasteiger partial charge in [-0.2, -0.15) is 0 Å². The molecule has 3 aromatic heterocycles. The summed E-state index contributed by atoms with van der Waals surface area (Å²) in [6.45, 7) is 3.47. The minimum atomic E-state index is -0.307. The number of aryl methyl sites for hydroxylation is 2. The molecule has 3 aromatic rings. The van der Waals surface area contributed by atoms with Crippen molar-refractivity contribution in [3.8, 4) is 0 Å². The number of ether oxygens (including phenoxy) is 1. The van der Waals surface area contributed by atoms with Crippen molar-refractivity contribution >= 4 is 22.8 Å². The van der Waals surface area contributed by atoms with Crippen molar-refractivity contribution in [2.75, 3.05) is 18.1 Å². The number of aromatic amines is 1. The van der Waals surface area contributed by atoms with Crippen LogP contribution < -0.4 is 4.90 Å². The molecule has 2 aliphatic heterocycles. The third-order valence-corrected chi connectivity index (χ3v) is 7.38. The number of fused-ring (bicyclic) bond motifs is 2. The standard InChI is InChI=1S/C25H29N5O2/c1-16-14-18-22(26-15-16)29-24(28-18)25(10-5-11-25)21-9-8-19-17(27-21)6-4-12-30(19)23(31)20-7-2-3-13-32-20/h8-9,14-15,20H,2-7,10-13H2,1H3,(H,26,28,29). The highest BCUT2D eigenvalue weighted by molar-refractivity contribution is 5.97. The van der Waals surface area contributed by atoms with Crippen molar-refractivity contribution in [3.63, 3.8) is 0 Å². The fourth-order valence-corrected chi connectivity index (χ4v) is 5.43. The van der Waals surface area contributed by atoms with Gasteiger partial charge in [0.2, 0.25) is 0 Å².